The number of aryl methyl sites for hydroxylation is 1. The fraction of sp³-hybridized carbons (Fsp3) is 0.292. The van der Waals surface area contributed by atoms with E-state index in [9.17, 15) is 9.59 Å². The lowest BCUT2D eigenvalue weighted by Crippen LogP contribution is -2.26. The Bertz CT molecular complexity index is 1200. The Labute approximate surface area is 180 Å². The molecule has 158 valence electrons. The van der Waals surface area contributed by atoms with E-state index in [4.69, 9.17) is 5.73 Å². The summed E-state index contributed by atoms with van der Waals surface area (Å²) >= 11 is 0. The number of likely N-dealkylation sites (tertiary alicyclic amines) is 1. The molecular weight excluding hydrogens is 390 g/mol. The van der Waals surface area contributed by atoms with Crippen LogP contribution in [0.2, 0.25) is 0 Å². The maximum Gasteiger partial charge on any atom is 0.248 e. The summed E-state index contributed by atoms with van der Waals surface area (Å²) in [6.07, 6.45) is 4.30. The average Bonchev–Trinajstić information content (AvgIpc) is 3.24. The van der Waals surface area contributed by atoms with Gasteiger partial charge >= 0.3 is 0 Å². The first-order valence-electron chi connectivity index (χ1n) is 10.7. The van der Waals surface area contributed by atoms with Gasteiger partial charge in [-0.15, -0.1) is 0 Å². The Balaban J connectivity index is 1.66. The van der Waals surface area contributed by atoms with Gasteiger partial charge in [0.25, 0.3) is 0 Å². The monoisotopic (exact) mass is 415 g/mol. The molecule has 7 heteroatoms. The third kappa shape index (κ3) is 3.46. The molecule has 2 aliphatic heterocycles. The van der Waals surface area contributed by atoms with Crippen molar-refractivity contribution in [2.45, 2.75) is 32.4 Å². The number of hydrazone groups is 1. The van der Waals surface area contributed by atoms with E-state index in [2.05, 4.69) is 27.2 Å². The van der Waals surface area contributed by atoms with Gasteiger partial charge in [-0.2, -0.15) is 5.10 Å². The molecule has 0 unspecified atom stereocenters. The maximum absolute atomic E-state index is 12.0. The average molecular weight is 415 g/mol. The Kier molecular flexibility index (Phi) is 4.94. The number of nitrogens with one attached hydrogen (secondary N) is 1. The number of benzene rings is 2. The van der Waals surface area contributed by atoms with E-state index in [-0.39, 0.29) is 5.91 Å². The van der Waals surface area contributed by atoms with Crippen LogP contribution in [0.5, 0.6) is 0 Å². The number of carbonyl (C=O) groups is 2. The predicted molar refractivity (Wildman–Crippen MR) is 121 cm³/mol. The summed E-state index contributed by atoms with van der Waals surface area (Å²) in [6.45, 7) is 2.84. The van der Waals surface area contributed by atoms with Gasteiger partial charge in [-0.05, 0) is 36.1 Å². The largest absolute Gasteiger partial charge is 0.366 e. The van der Waals surface area contributed by atoms with Crippen molar-refractivity contribution in [3.63, 3.8) is 0 Å². The number of rotatable bonds is 6. The minimum atomic E-state index is -0.443. The minimum Gasteiger partial charge on any atom is -0.366 e. The van der Waals surface area contributed by atoms with Crippen LogP contribution in [-0.4, -0.2) is 40.6 Å². The lowest BCUT2D eigenvalue weighted by Gasteiger charge is -2.17. The number of hydrogen-bond acceptors (Lipinski definition) is 4. The van der Waals surface area contributed by atoms with E-state index >= 15 is 0 Å². The zero-order valence-electron chi connectivity index (χ0n) is 17.3. The highest BCUT2D eigenvalue weighted by Crippen LogP contribution is 2.36. The Morgan fingerprint density at radius 3 is 2.74 bits per heavy atom. The SMILES string of the molecule is NC(=O)c1cc2c3c(c(-c4ccccc4)n(CCCN4CCCC4=O)c3c1)C=NNC2. The zero-order chi connectivity index (χ0) is 21.4. The molecule has 2 aromatic carbocycles. The van der Waals surface area contributed by atoms with E-state index in [1.165, 1.54) is 0 Å². The quantitative estimate of drug-likeness (QED) is 0.648. The van der Waals surface area contributed by atoms with Gasteiger partial charge < -0.3 is 20.6 Å². The van der Waals surface area contributed by atoms with E-state index in [0.717, 1.165) is 65.8 Å². The molecule has 7 nitrogen and oxygen atoms in total. The minimum absolute atomic E-state index is 0.243. The Morgan fingerprint density at radius 1 is 1.16 bits per heavy atom. The van der Waals surface area contributed by atoms with Crippen molar-refractivity contribution in [1.82, 2.24) is 14.9 Å². The molecule has 0 bridgehead atoms. The zero-order valence-corrected chi connectivity index (χ0v) is 17.3. The standard InChI is InChI=1S/C24H25N5O2/c25-24(31)17-12-18-14-26-27-15-19-22(18)20(13-17)29(23(19)16-6-2-1-3-7-16)11-5-10-28-9-4-8-21(28)30/h1-3,6-7,12-13,15,26H,4-5,8-11,14H2,(H2,25,31). The van der Waals surface area contributed by atoms with Crippen LogP contribution < -0.4 is 11.2 Å². The number of carbonyl (C=O) groups excluding carboxylic acids is 2. The summed E-state index contributed by atoms with van der Waals surface area (Å²) in [4.78, 5) is 26.0. The number of nitrogens with two attached hydrogens (primary N) is 1. The molecule has 2 aliphatic rings. The summed E-state index contributed by atoms with van der Waals surface area (Å²) in [5, 5.41) is 5.47. The molecule has 1 saturated heterocycles. The van der Waals surface area contributed by atoms with Gasteiger partial charge in [0.15, 0.2) is 0 Å². The number of primary amides is 1. The van der Waals surface area contributed by atoms with Crippen LogP contribution in [0.4, 0.5) is 0 Å². The normalized spacial score (nSPS) is 15.4. The van der Waals surface area contributed by atoms with E-state index < -0.39 is 5.91 Å². The van der Waals surface area contributed by atoms with Crippen molar-refractivity contribution < 1.29 is 9.59 Å². The molecule has 1 aromatic heterocycles. The van der Waals surface area contributed by atoms with Gasteiger partial charge in [-0.25, -0.2) is 0 Å². The van der Waals surface area contributed by atoms with Crippen LogP contribution in [0.1, 0.15) is 40.7 Å². The van der Waals surface area contributed by atoms with Gasteiger partial charge in [0.2, 0.25) is 11.8 Å². The highest BCUT2D eigenvalue weighted by molar-refractivity contribution is 6.10. The first-order valence-corrected chi connectivity index (χ1v) is 10.7. The second-order valence-corrected chi connectivity index (χ2v) is 8.10. The van der Waals surface area contributed by atoms with Crippen molar-refractivity contribution in [2.75, 3.05) is 13.1 Å². The van der Waals surface area contributed by atoms with Crippen molar-refractivity contribution in [2.24, 2.45) is 10.8 Å². The molecule has 0 radical (unpaired) electrons. The van der Waals surface area contributed by atoms with Gasteiger partial charge in [0.1, 0.15) is 0 Å². The fourth-order valence-corrected chi connectivity index (χ4v) is 4.74. The Hall–Kier alpha value is -3.61. The molecule has 3 aromatic rings. The molecule has 0 aliphatic carbocycles. The van der Waals surface area contributed by atoms with Crippen molar-refractivity contribution in [3.05, 3.63) is 59.2 Å². The third-order valence-corrected chi connectivity index (χ3v) is 6.15. The number of hydrogen-bond donors (Lipinski definition) is 2. The second-order valence-electron chi connectivity index (χ2n) is 8.10. The first kappa shape index (κ1) is 19.4. The summed E-state index contributed by atoms with van der Waals surface area (Å²) in [7, 11) is 0. The van der Waals surface area contributed by atoms with Crippen molar-refractivity contribution >= 4 is 28.9 Å². The van der Waals surface area contributed by atoms with Crippen LogP contribution in [0.25, 0.3) is 22.2 Å². The molecule has 0 spiro atoms. The highest BCUT2D eigenvalue weighted by Gasteiger charge is 2.24. The van der Waals surface area contributed by atoms with Crippen LogP contribution in [0.15, 0.2) is 47.6 Å². The van der Waals surface area contributed by atoms with Crippen molar-refractivity contribution in [1.29, 1.82) is 0 Å². The lowest BCUT2D eigenvalue weighted by atomic mass is 10.0. The van der Waals surface area contributed by atoms with E-state index in [1.807, 2.05) is 41.4 Å². The fourth-order valence-electron chi connectivity index (χ4n) is 4.74. The first-order chi connectivity index (χ1) is 15.1. The molecule has 3 N–H and O–H groups in total. The van der Waals surface area contributed by atoms with Crippen LogP contribution in [0, 0.1) is 0 Å². The van der Waals surface area contributed by atoms with Gasteiger partial charge in [0, 0.05) is 42.6 Å². The van der Waals surface area contributed by atoms with Gasteiger partial charge in [0.05, 0.1) is 24.0 Å². The second kappa shape index (κ2) is 7.91. The summed E-state index contributed by atoms with van der Waals surface area (Å²) in [6, 6.07) is 14.0. The van der Waals surface area contributed by atoms with Gasteiger partial charge in [-0.1, -0.05) is 30.3 Å². The maximum atomic E-state index is 12.0. The highest BCUT2D eigenvalue weighted by atomic mass is 16.2. The molecular formula is C24H25N5O2. The van der Waals surface area contributed by atoms with Crippen LogP contribution >= 0.6 is 0 Å². The molecule has 31 heavy (non-hydrogen) atoms. The van der Waals surface area contributed by atoms with Crippen molar-refractivity contribution in [3.8, 4) is 11.3 Å². The van der Waals surface area contributed by atoms with E-state index in [0.29, 0.717) is 18.5 Å². The summed E-state index contributed by atoms with van der Waals surface area (Å²) < 4.78 is 2.26. The topological polar surface area (TPSA) is 92.7 Å². The van der Waals surface area contributed by atoms with Crippen LogP contribution in [0.3, 0.4) is 0 Å². The Morgan fingerprint density at radius 2 is 2.00 bits per heavy atom. The molecule has 0 atom stereocenters. The molecule has 3 heterocycles. The summed E-state index contributed by atoms with van der Waals surface area (Å²) in [5.74, 6) is -0.200. The smallest absolute Gasteiger partial charge is 0.248 e. The molecule has 0 saturated carbocycles. The molecule has 1 fully saturated rings. The summed E-state index contributed by atoms with van der Waals surface area (Å²) in [5.41, 5.74) is 14.4. The van der Waals surface area contributed by atoms with E-state index in [1.54, 1.807) is 0 Å². The van der Waals surface area contributed by atoms with Crippen LogP contribution in [-0.2, 0) is 17.9 Å². The number of nitrogens with zero attached hydrogens (tertiary/aromatic N) is 3. The number of amides is 2. The molecule has 5 rings (SSSR count). The van der Waals surface area contributed by atoms with Gasteiger partial charge in [-0.3, -0.25) is 9.59 Å². The lowest BCUT2D eigenvalue weighted by molar-refractivity contribution is -0.127. The number of aromatic nitrogens is 1. The predicted octanol–water partition coefficient (Wildman–Crippen LogP) is 2.86. The molecule has 2 amide bonds. The third-order valence-electron chi connectivity index (χ3n) is 6.15.